The van der Waals surface area contributed by atoms with Crippen molar-refractivity contribution in [2.24, 2.45) is 0 Å². The minimum Gasteiger partial charge on any atom is -0.319 e. The van der Waals surface area contributed by atoms with Crippen LogP contribution in [0.25, 0.3) is 0 Å². The van der Waals surface area contributed by atoms with E-state index < -0.39 is 5.50 Å². The Balaban J connectivity index is 1.79. The molecule has 2 atom stereocenters. The van der Waals surface area contributed by atoms with Crippen molar-refractivity contribution in [1.29, 1.82) is 0 Å². The lowest BCUT2D eigenvalue weighted by molar-refractivity contribution is -0.110. The molecule has 1 heterocycles. The van der Waals surface area contributed by atoms with Gasteiger partial charge in [0.05, 0.1) is 11.6 Å². The summed E-state index contributed by atoms with van der Waals surface area (Å²) in [4.78, 5) is 16.7. The molecule has 134 valence electrons. The van der Waals surface area contributed by atoms with Gasteiger partial charge in [-0.3, -0.25) is 4.79 Å². The number of benzene rings is 2. The van der Waals surface area contributed by atoms with Crippen LogP contribution in [0.1, 0.15) is 21.9 Å². The van der Waals surface area contributed by atoms with Crippen molar-refractivity contribution in [3.63, 3.8) is 0 Å². The first-order chi connectivity index (χ1) is 12.5. The molecule has 0 aliphatic carbocycles. The van der Waals surface area contributed by atoms with E-state index in [4.69, 9.17) is 23.2 Å². The molecule has 2 unspecified atom stereocenters. The lowest BCUT2D eigenvalue weighted by atomic mass is 10.1. The molecule has 0 aliphatic heterocycles. The third kappa shape index (κ3) is 5.13. The molecule has 0 saturated heterocycles. The van der Waals surface area contributed by atoms with Gasteiger partial charge in [-0.25, -0.2) is 4.98 Å². The van der Waals surface area contributed by atoms with Crippen LogP contribution in [0.15, 0.2) is 71.7 Å². The summed E-state index contributed by atoms with van der Waals surface area (Å²) in [5.41, 5.74) is 1.46. The first-order valence-electron chi connectivity index (χ1n) is 7.84. The Kier molecular flexibility index (Phi) is 6.81. The molecule has 0 bridgehead atoms. The zero-order chi connectivity index (χ0) is 18.5. The van der Waals surface area contributed by atoms with Crippen molar-refractivity contribution in [2.75, 3.05) is 0 Å². The molecule has 3 rings (SSSR count). The van der Waals surface area contributed by atoms with E-state index in [0.717, 1.165) is 15.6 Å². The smallest absolute Gasteiger partial charge is 0.194 e. The molecule has 0 aliphatic rings. The van der Waals surface area contributed by atoms with Gasteiger partial charge in [-0.05, 0) is 35.4 Å². The Morgan fingerprint density at radius 3 is 2.46 bits per heavy atom. The highest BCUT2D eigenvalue weighted by Gasteiger charge is 2.26. The molecule has 0 saturated carbocycles. The number of thioether (sulfide) groups is 1. The van der Waals surface area contributed by atoms with Crippen molar-refractivity contribution in [3.8, 4) is 0 Å². The van der Waals surface area contributed by atoms with Gasteiger partial charge in [-0.15, -0.1) is 0 Å². The predicted octanol–water partition coefficient (Wildman–Crippen LogP) is 6.28. The van der Waals surface area contributed by atoms with E-state index in [-0.39, 0.29) is 10.4 Å². The van der Waals surface area contributed by atoms with Crippen LogP contribution in [0.3, 0.4) is 0 Å². The van der Waals surface area contributed by atoms with Gasteiger partial charge < -0.3 is 4.57 Å². The first-order valence-corrected chi connectivity index (χ1v) is 10.3. The number of carbonyl (C=O) groups is 1. The number of aromatic nitrogens is 2. The molecule has 26 heavy (non-hydrogen) atoms. The topological polar surface area (TPSA) is 34.9 Å². The minimum atomic E-state index is -0.447. The van der Waals surface area contributed by atoms with E-state index >= 15 is 0 Å². The lowest BCUT2D eigenvalue weighted by Gasteiger charge is -2.22. The molecule has 0 N–H and O–H groups in total. The summed E-state index contributed by atoms with van der Waals surface area (Å²) in [5.74, 6) is 0. The van der Waals surface area contributed by atoms with Crippen molar-refractivity contribution < 1.29 is 4.79 Å². The van der Waals surface area contributed by atoms with Gasteiger partial charge in [0.15, 0.2) is 5.12 Å². The van der Waals surface area contributed by atoms with Gasteiger partial charge >= 0.3 is 0 Å². The van der Waals surface area contributed by atoms with E-state index in [1.807, 2.05) is 36.4 Å². The molecule has 3 aromatic rings. The maximum atomic E-state index is 12.7. The summed E-state index contributed by atoms with van der Waals surface area (Å²) >= 11 is 17.3. The fraction of sp³-hybridized carbons (Fsp3) is 0.158. The predicted molar refractivity (Wildman–Crippen MR) is 112 cm³/mol. The van der Waals surface area contributed by atoms with E-state index in [2.05, 4.69) is 20.9 Å². The van der Waals surface area contributed by atoms with E-state index in [0.29, 0.717) is 11.4 Å². The maximum absolute atomic E-state index is 12.7. The summed E-state index contributed by atoms with van der Waals surface area (Å²) in [6.45, 7) is 0. The van der Waals surface area contributed by atoms with Gasteiger partial charge in [-0.1, -0.05) is 75.2 Å². The fourth-order valence-corrected chi connectivity index (χ4v) is 4.34. The van der Waals surface area contributed by atoms with E-state index in [9.17, 15) is 4.79 Å². The Labute approximate surface area is 174 Å². The van der Waals surface area contributed by atoms with E-state index in [1.54, 1.807) is 35.4 Å². The molecule has 0 fully saturated rings. The zero-order valence-electron chi connectivity index (χ0n) is 13.6. The second kappa shape index (κ2) is 9.09. The monoisotopic (exact) mass is 468 g/mol. The minimum absolute atomic E-state index is 0.0537. The highest BCUT2D eigenvalue weighted by molar-refractivity contribution is 9.10. The van der Waals surface area contributed by atoms with Gasteiger partial charge in [-0.2, -0.15) is 0 Å². The van der Waals surface area contributed by atoms with Crippen LogP contribution in [0, 0.1) is 0 Å². The van der Waals surface area contributed by atoms with Crippen LogP contribution in [0.2, 0.25) is 5.02 Å². The number of carbonyl (C=O) groups excluding carboxylic acids is 1. The molecule has 7 heteroatoms. The molecule has 2 aromatic carbocycles. The second-order valence-electron chi connectivity index (χ2n) is 5.65. The molecular weight excluding hydrogens is 455 g/mol. The quantitative estimate of drug-likeness (QED) is 0.398. The number of alkyl halides is 1. The Morgan fingerprint density at radius 2 is 1.85 bits per heavy atom. The summed E-state index contributed by atoms with van der Waals surface area (Å²) in [6, 6.07) is 15.2. The SMILES string of the molecule is O=C(Cc1ccc(Br)cc1)SC(c1ccc(Cl)cc1)C(Cl)n1ccnc1. The van der Waals surface area contributed by atoms with Crippen molar-refractivity contribution in [3.05, 3.63) is 87.9 Å². The lowest BCUT2D eigenvalue weighted by Crippen LogP contribution is -2.12. The number of hydrogen-bond donors (Lipinski definition) is 0. The van der Waals surface area contributed by atoms with Crippen LogP contribution in [0.5, 0.6) is 0 Å². The third-order valence-corrected chi connectivity index (χ3v) is 6.38. The van der Waals surface area contributed by atoms with Crippen molar-refractivity contribution >= 4 is 56.0 Å². The van der Waals surface area contributed by atoms with Gasteiger partial charge in [0.25, 0.3) is 0 Å². The molecule has 3 nitrogen and oxygen atoms in total. The fourth-order valence-electron chi connectivity index (χ4n) is 2.46. The van der Waals surface area contributed by atoms with Crippen LogP contribution in [0.4, 0.5) is 0 Å². The summed E-state index contributed by atoms with van der Waals surface area (Å²) in [5, 5.41) is 0.441. The first kappa shape index (κ1) is 19.5. The van der Waals surface area contributed by atoms with Crippen LogP contribution in [-0.4, -0.2) is 14.7 Å². The van der Waals surface area contributed by atoms with Crippen molar-refractivity contribution in [1.82, 2.24) is 9.55 Å². The van der Waals surface area contributed by atoms with Gasteiger partial charge in [0, 0.05) is 28.3 Å². The van der Waals surface area contributed by atoms with Crippen LogP contribution < -0.4 is 0 Å². The largest absolute Gasteiger partial charge is 0.319 e. The molecular formula is C19H15BrCl2N2OS. The van der Waals surface area contributed by atoms with Gasteiger partial charge in [0.1, 0.15) is 5.50 Å². The Hall–Kier alpha value is -1.27. The summed E-state index contributed by atoms with van der Waals surface area (Å²) < 4.78 is 2.78. The Bertz CT molecular complexity index is 854. The summed E-state index contributed by atoms with van der Waals surface area (Å²) in [7, 11) is 0. The van der Waals surface area contributed by atoms with Crippen molar-refractivity contribution in [2.45, 2.75) is 17.2 Å². The zero-order valence-corrected chi connectivity index (χ0v) is 17.5. The normalized spacial score (nSPS) is 13.3. The number of hydrogen-bond acceptors (Lipinski definition) is 3. The number of imidazole rings is 1. The standard InChI is InChI=1S/C19H15BrCl2N2OS/c20-15-5-1-13(2-6-15)11-17(25)26-18(14-3-7-16(21)8-4-14)19(22)24-10-9-23-12-24/h1-10,12,18-19H,11H2. The number of rotatable bonds is 6. The molecule has 0 radical (unpaired) electrons. The van der Waals surface area contributed by atoms with E-state index in [1.165, 1.54) is 11.8 Å². The second-order valence-corrected chi connectivity index (χ2v) is 8.65. The average Bonchev–Trinajstić information content (AvgIpc) is 3.17. The number of nitrogens with zero attached hydrogens (tertiary/aromatic N) is 2. The number of halogens is 3. The Morgan fingerprint density at radius 1 is 1.15 bits per heavy atom. The summed E-state index contributed by atoms with van der Waals surface area (Å²) in [6.07, 6.45) is 5.46. The molecule has 0 spiro atoms. The van der Waals surface area contributed by atoms with Crippen LogP contribution >= 0.6 is 50.9 Å². The molecule has 0 amide bonds. The maximum Gasteiger partial charge on any atom is 0.194 e. The molecule has 1 aromatic heterocycles. The highest BCUT2D eigenvalue weighted by atomic mass is 79.9. The van der Waals surface area contributed by atoms with Crippen LogP contribution in [-0.2, 0) is 11.2 Å². The van der Waals surface area contributed by atoms with Gasteiger partial charge in [0.2, 0.25) is 0 Å². The highest BCUT2D eigenvalue weighted by Crippen LogP contribution is 2.42. The average molecular weight is 470 g/mol. The third-order valence-electron chi connectivity index (χ3n) is 3.78.